The van der Waals surface area contributed by atoms with Crippen molar-refractivity contribution >= 4 is 74.4 Å². The smallest absolute Gasteiger partial charge is 0.219 e. The van der Waals surface area contributed by atoms with Gasteiger partial charge in [0.15, 0.2) is 6.29 Å². The van der Waals surface area contributed by atoms with Crippen molar-refractivity contribution in [1.29, 1.82) is 0 Å². The Balaban J connectivity index is 0.000000303. The van der Waals surface area contributed by atoms with Gasteiger partial charge in [0.1, 0.15) is 15.8 Å². The van der Waals surface area contributed by atoms with Crippen LogP contribution >= 0.6 is 40.3 Å². The van der Waals surface area contributed by atoms with Crippen molar-refractivity contribution in [3.05, 3.63) is 39.6 Å². The summed E-state index contributed by atoms with van der Waals surface area (Å²) < 4.78 is 26.8. The number of nitrogens with zero attached hydrogens (tertiary/aromatic N) is 5. The standard InChI is InChI=1S/C14H19BrClN3O2S2.C8H10N2O2/c1-9(8-21-5-4-18(2)3)23(20)10-6-11-13(12(16)7-10)19(22)17-14(11)15;1-4-6-7(5-11)9-10(2)8(6)12-3/h6-7,9,22H,4-5,8H2,1-3H3;4-5H,1H2,2-3H3. The summed E-state index contributed by atoms with van der Waals surface area (Å²) >= 11 is 13.9. The number of aryl methyl sites for hydroxylation is 1. The molecule has 0 fully saturated rings. The Bertz CT molecular complexity index is 1210. The van der Waals surface area contributed by atoms with Crippen molar-refractivity contribution in [3.63, 3.8) is 0 Å². The number of rotatable bonds is 10. The topological polar surface area (TPSA) is 91.5 Å². The number of halogens is 2. The quantitative estimate of drug-likeness (QED) is 0.211. The summed E-state index contributed by atoms with van der Waals surface area (Å²) in [5.74, 6) is 0.548. The van der Waals surface area contributed by atoms with Gasteiger partial charge < -0.3 is 14.4 Å². The second-order valence-corrected chi connectivity index (χ2v) is 11.1. The molecular formula is C22H29BrClN5O4S2. The van der Waals surface area contributed by atoms with Crippen LogP contribution in [0.2, 0.25) is 5.02 Å². The van der Waals surface area contributed by atoms with Crippen LogP contribution in [0.1, 0.15) is 23.0 Å². The molecule has 2 unspecified atom stereocenters. The number of hydrogen-bond acceptors (Lipinski definition) is 8. The van der Waals surface area contributed by atoms with Crippen LogP contribution in [0.25, 0.3) is 17.0 Å². The number of carbonyl (C=O) groups is 1. The number of benzene rings is 1. The first-order valence-corrected chi connectivity index (χ1v) is 13.2. The predicted octanol–water partition coefficient (Wildman–Crippen LogP) is 4.10. The lowest BCUT2D eigenvalue weighted by molar-refractivity contribution is 0.111. The highest BCUT2D eigenvalue weighted by Gasteiger charge is 2.19. The van der Waals surface area contributed by atoms with Crippen LogP contribution in [0.3, 0.4) is 0 Å². The third kappa shape index (κ3) is 7.40. The van der Waals surface area contributed by atoms with E-state index in [1.54, 1.807) is 19.2 Å². The zero-order valence-corrected chi connectivity index (χ0v) is 24.2. The number of likely N-dealkylation sites (N-methyl/N-ethyl adjacent to an activating group) is 1. The second kappa shape index (κ2) is 13.6. The van der Waals surface area contributed by atoms with E-state index >= 15 is 0 Å². The number of aromatic nitrogens is 4. The molecule has 2 atom stereocenters. The van der Waals surface area contributed by atoms with Gasteiger partial charge in [-0.2, -0.15) is 10.2 Å². The molecular weight excluding hydrogens is 578 g/mol. The molecule has 0 aliphatic heterocycles. The lowest BCUT2D eigenvalue weighted by atomic mass is 10.2. The monoisotopic (exact) mass is 605 g/mol. The maximum absolute atomic E-state index is 12.7. The molecule has 0 aliphatic carbocycles. The summed E-state index contributed by atoms with van der Waals surface area (Å²) in [4.78, 5) is 13.2. The molecule has 9 nitrogen and oxygen atoms in total. The van der Waals surface area contributed by atoms with Crippen LogP contribution < -0.4 is 4.74 Å². The van der Waals surface area contributed by atoms with Crippen molar-refractivity contribution in [2.75, 3.05) is 41.0 Å². The van der Waals surface area contributed by atoms with Crippen molar-refractivity contribution in [1.82, 2.24) is 23.9 Å². The molecule has 2 heterocycles. The normalized spacial score (nSPS) is 12.8. The number of thiol groups is 1. The summed E-state index contributed by atoms with van der Waals surface area (Å²) in [6.07, 6.45) is 2.23. The van der Waals surface area contributed by atoms with Crippen LogP contribution in [0.4, 0.5) is 0 Å². The summed E-state index contributed by atoms with van der Waals surface area (Å²) in [5.41, 5.74) is 1.68. The molecule has 35 heavy (non-hydrogen) atoms. The lowest BCUT2D eigenvalue weighted by Crippen LogP contribution is -2.23. The molecule has 0 saturated carbocycles. The molecule has 3 rings (SSSR count). The first-order chi connectivity index (χ1) is 16.5. The molecule has 0 aliphatic rings. The Morgan fingerprint density at radius 2 is 2.06 bits per heavy atom. The van der Waals surface area contributed by atoms with Gasteiger partial charge in [-0.25, -0.2) is 8.77 Å². The molecule has 0 N–H and O–H groups in total. The van der Waals surface area contributed by atoms with Crippen LogP contribution in [-0.2, 0) is 22.6 Å². The number of carbonyl (C=O) groups excluding carboxylic acids is 1. The number of aldehydes is 1. The maximum atomic E-state index is 12.7. The molecule has 0 spiro atoms. The number of hydrogen-bond donors (Lipinski definition) is 1. The fourth-order valence-electron chi connectivity index (χ4n) is 3.09. The summed E-state index contributed by atoms with van der Waals surface area (Å²) in [6.45, 7) is 7.36. The molecule has 0 saturated heterocycles. The fourth-order valence-corrected chi connectivity index (χ4v) is 5.56. The minimum absolute atomic E-state index is 0.129. The van der Waals surface area contributed by atoms with Crippen LogP contribution in [-0.4, -0.2) is 80.6 Å². The Morgan fingerprint density at radius 3 is 2.63 bits per heavy atom. The molecule has 0 radical (unpaired) electrons. The van der Waals surface area contributed by atoms with E-state index in [-0.39, 0.29) is 5.25 Å². The van der Waals surface area contributed by atoms with E-state index in [4.69, 9.17) is 21.1 Å². The minimum Gasteiger partial charge on any atom is -0.481 e. The molecule has 1 aromatic carbocycles. The first kappa shape index (κ1) is 29.5. The number of ether oxygens (including phenoxy) is 2. The largest absolute Gasteiger partial charge is 0.481 e. The predicted molar refractivity (Wildman–Crippen MR) is 147 cm³/mol. The van der Waals surface area contributed by atoms with Gasteiger partial charge in [-0.3, -0.25) is 9.00 Å². The van der Waals surface area contributed by atoms with Gasteiger partial charge in [0, 0.05) is 23.9 Å². The highest BCUT2D eigenvalue weighted by Crippen LogP contribution is 2.33. The molecule has 13 heteroatoms. The third-order valence-corrected chi connectivity index (χ3v) is 7.57. The molecule has 3 aromatic rings. The molecule has 192 valence electrons. The van der Waals surface area contributed by atoms with E-state index < -0.39 is 10.8 Å². The van der Waals surface area contributed by atoms with Crippen LogP contribution in [0.5, 0.6) is 5.88 Å². The molecule has 0 amide bonds. The fraction of sp³-hybridized carbons (Fsp3) is 0.409. The van der Waals surface area contributed by atoms with Crippen molar-refractivity contribution in [2.45, 2.75) is 17.1 Å². The summed E-state index contributed by atoms with van der Waals surface area (Å²) in [5, 5.41) is 9.21. The van der Waals surface area contributed by atoms with E-state index in [0.29, 0.717) is 56.7 Å². The van der Waals surface area contributed by atoms with Gasteiger partial charge in [0.05, 0.1) is 47.0 Å². The van der Waals surface area contributed by atoms with Crippen molar-refractivity contribution in [3.8, 4) is 5.88 Å². The number of fused-ring (bicyclic) bond motifs is 1. The van der Waals surface area contributed by atoms with Gasteiger partial charge in [-0.1, -0.05) is 24.3 Å². The van der Waals surface area contributed by atoms with E-state index in [1.807, 2.05) is 32.0 Å². The first-order valence-electron chi connectivity index (χ1n) is 10.4. The Kier molecular flexibility index (Phi) is 11.4. The van der Waals surface area contributed by atoms with Gasteiger partial charge in [0.25, 0.3) is 0 Å². The Morgan fingerprint density at radius 1 is 1.37 bits per heavy atom. The molecule has 2 aromatic heterocycles. The average Bonchev–Trinajstić information content (AvgIpc) is 3.30. The van der Waals surface area contributed by atoms with E-state index in [9.17, 15) is 9.00 Å². The third-order valence-electron chi connectivity index (χ3n) is 4.84. The van der Waals surface area contributed by atoms with Crippen LogP contribution in [0, 0.1) is 0 Å². The average molecular weight is 607 g/mol. The lowest BCUT2D eigenvalue weighted by Gasteiger charge is -2.14. The van der Waals surface area contributed by atoms with E-state index in [2.05, 4.69) is 45.5 Å². The van der Waals surface area contributed by atoms with Crippen LogP contribution in [0.15, 0.2) is 28.2 Å². The minimum atomic E-state index is -1.21. The SMILES string of the molecule is C=Cc1c(C=O)nn(C)c1OC.CC(COCCN(C)C)S(=O)c1cc(Cl)c2c(c1)c(Br)nn2S. The van der Waals surface area contributed by atoms with Gasteiger partial charge in [0.2, 0.25) is 5.88 Å². The highest BCUT2D eigenvalue weighted by atomic mass is 79.9. The van der Waals surface area contributed by atoms with Gasteiger partial charge in [-0.05, 0) is 61.9 Å². The highest BCUT2D eigenvalue weighted by molar-refractivity contribution is 9.10. The van der Waals surface area contributed by atoms with Crippen molar-refractivity contribution < 1.29 is 18.5 Å². The molecule has 0 bridgehead atoms. The zero-order valence-electron chi connectivity index (χ0n) is 20.2. The summed E-state index contributed by atoms with van der Waals surface area (Å²) in [7, 11) is 6.00. The van der Waals surface area contributed by atoms with Crippen molar-refractivity contribution in [2.24, 2.45) is 7.05 Å². The number of methoxy groups -OCH3 is 1. The maximum Gasteiger partial charge on any atom is 0.219 e. The van der Waals surface area contributed by atoms with E-state index in [0.717, 1.165) is 11.9 Å². The summed E-state index contributed by atoms with van der Waals surface area (Å²) in [6, 6.07) is 3.54. The van der Waals surface area contributed by atoms with Gasteiger partial charge >= 0.3 is 0 Å². The zero-order chi connectivity index (χ0) is 26.3. The Hall–Kier alpha value is -1.70. The van der Waals surface area contributed by atoms with E-state index in [1.165, 1.54) is 15.9 Å². The second-order valence-electron chi connectivity index (χ2n) is 7.72. The Labute approximate surface area is 226 Å². The van der Waals surface area contributed by atoms with Gasteiger partial charge in [-0.15, -0.1) is 0 Å².